The zero-order chi connectivity index (χ0) is 20.6. The lowest BCUT2D eigenvalue weighted by Crippen LogP contribution is -2.59. The van der Waals surface area contributed by atoms with E-state index in [9.17, 15) is 18.4 Å². The van der Waals surface area contributed by atoms with Crippen LogP contribution >= 0.6 is 0 Å². The molecule has 2 heterocycles. The molecule has 8 heteroatoms. The first-order valence-electron chi connectivity index (χ1n) is 10.3. The van der Waals surface area contributed by atoms with Crippen molar-refractivity contribution in [3.63, 3.8) is 0 Å². The van der Waals surface area contributed by atoms with Crippen molar-refractivity contribution in [3.8, 4) is 0 Å². The number of carbonyl (C=O) groups excluding carboxylic acids is 2. The Morgan fingerprint density at radius 3 is 2.41 bits per heavy atom. The van der Waals surface area contributed by atoms with Crippen LogP contribution in [0.3, 0.4) is 0 Å². The maximum atomic E-state index is 14.4. The minimum absolute atomic E-state index is 0.111. The van der Waals surface area contributed by atoms with Gasteiger partial charge in [-0.05, 0) is 44.9 Å². The van der Waals surface area contributed by atoms with Crippen molar-refractivity contribution in [2.24, 2.45) is 0 Å². The number of benzene rings is 1. The topological polar surface area (TPSA) is 53.1 Å². The van der Waals surface area contributed by atoms with Gasteiger partial charge in [-0.1, -0.05) is 6.42 Å². The number of piperazine rings is 1. The van der Waals surface area contributed by atoms with Crippen LogP contribution in [-0.4, -0.2) is 78.1 Å². The molecule has 0 N–H and O–H groups in total. The molecule has 1 atom stereocenters. The minimum atomic E-state index is -0.918. The number of halogens is 2. The fourth-order valence-corrected chi connectivity index (χ4v) is 4.69. The molecule has 4 rings (SSSR count). The molecule has 3 fully saturated rings. The lowest BCUT2D eigenvalue weighted by molar-refractivity contribution is -0.138. The Morgan fingerprint density at radius 2 is 1.76 bits per heavy atom. The molecule has 6 nitrogen and oxygen atoms in total. The first-order chi connectivity index (χ1) is 13.9. The summed E-state index contributed by atoms with van der Waals surface area (Å²) in [5, 5.41) is 0. The van der Waals surface area contributed by atoms with E-state index in [2.05, 4.69) is 4.90 Å². The molecule has 3 aliphatic rings. The maximum Gasteiger partial charge on any atom is 0.259 e. The molecule has 2 aliphatic heterocycles. The Hall–Kier alpha value is -2.06. The van der Waals surface area contributed by atoms with Crippen molar-refractivity contribution in [2.45, 2.75) is 43.9 Å². The van der Waals surface area contributed by atoms with Crippen LogP contribution in [0.15, 0.2) is 18.2 Å². The Balaban J connectivity index is 1.65. The van der Waals surface area contributed by atoms with Crippen molar-refractivity contribution in [2.75, 3.05) is 39.8 Å². The number of carbonyl (C=O) groups is 2. The molecule has 1 saturated carbocycles. The van der Waals surface area contributed by atoms with Crippen molar-refractivity contribution < 1.29 is 23.1 Å². The van der Waals surface area contributed by atoms with Crippen LogP contribution in [0.4, 0.5) is 8.78 Å². The molecule has 1 aromatic carbocycles. The normalized spacial score (nSPS) is 24.9. The SMILES string of the molecule is CN1CCN(C(=O)[C@@H]2COC3(CCCCC3)N2C(=O)c2ccc(F)cc2F)CC1. The molecule has 0 unspecified atom stereocenters. The summed E-state index contributed by atoms with van der Waals surface area (Å²) in [6.45, 7) is 2.83. The summed E-state index contributed by atoms with van der Waals surface area (Å²) in [6, 6.07) is 2.14. The number of likely N-dealkylation sites (N-methyl/N-ethyl adjacent to an activating group) is 1. The van der Waals surface area contributed by atoms with Gasteiger partial charge < -0.3 is 14.5 Å². The molecule has 29 heavy (non-hydrogen) atoms. The van der Waals surface area contributed by atoms with E-state index in [1.54, 1.807) is 4.90 Å². The molecular formula is C21H27F2N3O3. The van der Waals surface area contributed by atoms with Gasteiger partial charge in [-0.3, -0.25) is 14.5 Å². The number of amides is 2. The highest BCUT2D eigenvalue weighted by atomic mass is 19.1. The van der Waals surface area contributed by atoms with Gasteiger partial charge in [0.05, 0.1) is 12.2 Å². The van der Waals surface area contributed by atoms with Gasteiger partial charge in [0.25, 0.3) is 5.91 Å². The molecule has 1 aromatic rings. The number of ether oxygens (including phenoxy) is 1. The lowest BCUT2D eigenvalue weighted by atomic mass is 9.89. The first-order valence-corrected chi connectivity index (χ1v) is 10.3. The lowest BCUT2D eigenvalue weighted by Gasteiger charge is -2.42. The monoisotopic (exact) mass is 407 g/mol. The second-order valence-electron chi connectivity index (χ2n) is 8.26. The Kier molecular flexibility index (Phi) is 5.57. The summed E-state index contributed by atoms with van der Waals surface area (Å²) >= 11 is 0. The third-order valence-corrected chi connectivity index (χ3v) is 6.38. The van der Waals surface area contributed by atoms with Crippen molar-refractivity contribution in [3.05, 3.63) is 35.4 Å². The van der Waals surface area contributed by atoms with Gasteiger partial charge in [0.15, 0.2) is 0 Å². The quantitative estimate of drug-likeness (QED) is 0.755. The van der Waals surface area contributed by atoms with E-state index >= 15 is 0 Å². The van der Waals surface area contributed by atoms with E-state index in [0.29, 0.717) is 32.0 Å². The summed E-state index contributed by atoms with van der Waals surface area (Å²) in [7, 11) is 2.00. The Labute approximate surface area is 169 Å². The van der Waals surface area contributed by atoms with E-state index in [-0.39, 0.29) is 18.1 Å². The second-order valence-corrected chi connectivity index (χ2v) is 8.26. The standard InChI is InChI=1S/C21H27F2N3O3/c1-24-9-11-25(12-10-24)20(28)18-14-29-21(7-3-2-4-8-21)26(18)19(27)16-6-5-15(22)13-17(16)23/h5-6,13,18H,2-4,7-12,14H2,1H3/t18-/m0/s1. The first kappa shape index (κ1) is 20.2. The maximum absolute atomic E-state index is 14.4. The predicted octanol–water partition coefficient (Wildman–Crippen LogP) is 2.24. The number of nitrogens with zero attached hydrogens (tertiary/aromatic N) is 3. The van der Waals surface area contributed by atoms with E-state index in [1.807, 2.05) is 7.05 Å². The van der Waals surface area contributed by atoms with E-state index in [4.69, 9.17) is 4.74 Å². The van der Waals surface area contributed by atoms with Crippen LogP contribution in [0.5, 0.6) is 0 Å². The van der Waals surface area contributed by atoms with Gasteiger partial charge in [-0.2, -0.15) is 0 Å². The zero-order valence-electron chi connectivity index (χ0n) is 16.7. The highest BCUT2D eigenvalue weighted by Gasteiger charge is 2.54. The van der Waals surface area contributed by atoms with Gasteiger partial charge >= 0.3 is 0 Å². The Morgan fingerprint density at radius 1 is 1.07 bits per heavy atom. The van der Waals surface area contributed by atoms with Crippen LogP contribution in [0.25, 0.3) is 0 Å². The van der Waals surface area contributed by atoms with Crippen LogP contribution in [0, 0.1) is 11.6 Å². The van der Waals surface area contributed by atoms with Crippen LogP contribution in [0.2, 0.25) is 0 Å². The van der Waals surface area contributed by atoms with E-state index in [0.717, 1.165) is 44.5 Å². The average molecular weight is 407 g/mol. The fourth-order valence-electron chi connectivity index (χ4n) is 4.69. The van der Waals surface area contributed by atoms with Crippen molar-refractivity contribution in [1.82, 2.24) is 14.7 Å². The van der Waals surface area contributed by atoms with Gasteiger partial charge in [0.2, 0.25) is 5.91 Å². The summed E-state index contributed by atoms with van der Waals surface area (Å²) < 4.78 is 33.9. The second kappa shape index (κ2) is 7.99. The number of hydrogen-bond donors (Lipinski definition) is 0. The average Bonchev–Trinajstić information content (AvgIpc) is 3.06. The van der Waals surface area contributed by atoms with Crippen molar-refractivity contribution in [1.29, 1.82) is 0 Å². The summed E-state index contributed by atoms with van der Waals surface area (Å²) in [5.41, 5.74) is -1.11. The molecule has 0 bridgehead atoms. The van der Waals surface area contributed by atoms with Gasteiger partial charge in [-0.25, -0.2) is 8.78 Å². The summed E-state index contributed by atoms with van der Waals surface area (Å²) in [4.78, 5) is 32.1. The summed E-state index contributed by atoms with van der Waals surface area (Å²) in [5.74, 6) is -2.42. The molecule has 158 valence electrons. The van der Waals surface area contributed by atoms with E-state index < -0.39 is 29.3 Å². The molecule has 0 aromatic heterocycles. The molecule has 0 radical (unpaired) electrons. The van der Waals surface area contributed by atoms with Gasteiger partial charge in [0.1, 0.15) is 23.4 Å². The highest BCUT2D eigenvalue weighted by molar-refractivity contribution is 5.98. The zero-order valence-corrected chi connectivity index (χ0v) is 16.7. The van der Waals surface area contributed by atoms with Crippen molar-refractivity contribution >= 4 is 11.8 Å². The van der Waals surface area contributed by atoms with E-state index in [1.165, 1.54) is 4.90 Å². The number of rotatable bonds is 2. The highest BCUT2D eigenvalue weighted by Crippen LogP contribution is 2.42. The van der Waals surface area contributed by atoms with Crippen LogP contribution in [0.1, 0.15) is 42.5 Å². The molecular weight excluding hydrogens is 380 g/mol. The molecule has 2 amide bonds. The third kappa shape index (κ3) is 3.75. The number of hydrogen-bond acceptors (Lipinski definition) is 4. The largest absolute Gasteiger partial charge is 0.353 e. The summed E-state index contributed by atoms with van der Waals surface area (Å²) in [6.07, 6.45) is 4.04. The van der Waals surface area contributed by atoms with Crippen LogP contribution < -0.4 is 0 Å². The minimum Gasteiger partial charge on any atom is -0.353 e. The molecule has 1 aliphatic carbocycles. The fraction of sp³-hybridized carbons (Fsp3) is 0.619. The smallest absolute Gasteiger partial charge is 0.259 e. The van der Waals surface area contributed by atoms with Gasteiger partial charge in [0, 0.05) is 32.2 Å². The third-order valence-electron chi connectivity index (χ3n) is 6.38. The van der Waals surface area contributed by atoms with Crippen LogP contribution in [-0.2, 0) is 9.53 Å². The molecule has 1 spiro atoms. The Bertz CT molecular complexity index is 789. The van der Waals surface area contributed by atoms with Gasteiger partial charge in [-0.15, -0.1) is 0 Å². The molecule has 2 saturated heterocycles. The predicted molar refractivity (Wildman–Crippen MR) is 102 cm³/mol.